The van der Waals surface area contributed by atoms with Gasteiger partial charge in [-0.05, 0) is 10.2 Å². The van der Waals surface area contributed by atoms with Crippen molar-refractivity contribution in [2.75, 3.05) is 14.2 Å². The summed E-state index contributed by atoms with van der Waals surface area (Å²) in [5, 5.41) is 2.25. The molecule has 50 valence electrons. The van der Waals surface area contributed by atoms with Crippen LogP contribution in [-0.2, 0) is 4.74 Å². The van der Waals surface area contributed by atoms with Crippen LogP contribution in [0.1, 0.15) is 0 Å². The number of carbonyl (C=O) groups excluding carboxylic acids is 1. The van der Waals surface area contributed by atoms with Crippen LogP contribution in [0, 0.1) is 0 Å². The summed E-state index contributed by atoms with van der Waals surface area (Å²) >= 11 is 0. The summed E-state index contributed by atoms with van der Waals surface area (Å²) in [5.41, 5.74) is 0. The number of rotatable bonds is 0. The molecule has 0 bridgehead atoms. The molecule has 8 heavy (non-hydrogen) atoms. The molecule has 1 N–H and O–H groups in total. The molecule has 0 aliphatic heterocycles. The van der Waals surface area contributed by atoms with Crippen molar-refractivity contribution in [2.24, 2.45) is 0 Å². The van der Waals surface area contributed by atoms with Gasteiger partial charge in [0, 0.05) is 7.05 Å². The molecule has 3 nitrogen and oxygen atoms in total. The zero-order valence-corrected chi connectivity index (χ0v) is 7.82. The van der Waals surface area contributed by atoms with Crippen molar-refractivity contribution in [1.29, 1.82) is 0 Å². The quantitative estimate of drug-likeness (QED) is 0.449. The van der Waals surface area contributed by atoms with Crippen molar-refractivity contribution in [3.63, 3.8) is 0 Å². The van der Waals surface area contributed by atoms with Crippen LogP contribution in [0.4, 0.5) is 4.79 Å². The average molecular weight is 135 g/mol. The van der Waals surface area contributed by atoms with E-state index in [1.165, 1.54) is 24.4 Å². The van der Waals surface area contributed by atoms with E-state index >= 15 is 0 Å². The zero-order chi connectivity index (χ0) is 6.99. The normalized spacial score (nSPS) is 6.38. The second-order valence-electron chi connectivity index (χ2n) is 0.742. The van der Waals surface area contributed by atoms with Crippen molar-refractivity contribution in [3.05, 3.63) is 0 Å². The van der Waals surface area contributed by atoms with E-state index < -0.39 is 6.09 Å². The first kappa shape index (κ1) is 10.5. The third-order valence-electron chi connectivity index (χ3n) is 0.390. The Morgan fingerprint density at radius 3 is 2.00 bits per heavy atom. The van der Waals surface area contributed by atoms with Gasteiger partial charge in [-0.25, -0.2) is 4.79 Å². The van der Waals surface area contributed by atoms with Crippen LogP contribution in [0.5, 0.6) is 0 Å². The summed E-state index contributed by atoms with van der Waals surface area (Å²) < 4.78 is 4.15. The fourth-order valence-corrected chi connectivity index (χ4v) is 0.102. The Morgan fingerprint density at radius 2 is 2.00 bits per heavy atom. The molecule has 1 amide bonds. The van der Waals surface area contributed by atoms with Crippen LogP contribution in [0.2, 0.25) is 6.55 Å². The standard InChI is InChI=1S/C3H7NO2.CH6Si/c1-4-3(5)6-2;1-2/h1-2H3,(H,4,5);1-2H3. The molecule has 4 heteroatoms. The molecule has 0 aromatic heterocycles. The van der Waals surface area contributed by atoms with Gasteiger partial charge in [0.2, 0.25) is 0 Å². The maximum atomic E-state index is 9.85. The number of hydrogen-bond donors (Lipinski definition) is 1. The smallest absolute Gasteiger partial charge is 0.406 e. The first-order valence-corrected chi connectivity index (χ1v) is 4.57. The van der Waals surface area contributed by atoms with Crippen molar-refractivity contribution in [2.45, 2.75) is 6.55 Å². The Balaban J connectivity index is 0. The van der Waals surface area contributed by atoms with E-state index in [-0.39, 0.29) is 0 Å². The minimum Gasteiger partial charge on any atom is -0.453 e. The molecular weight excluding hydrogens is 122 g/mol. The van der Waals surface area contributed by atoms with Gasteiger partial charge < -0.3 is 10.1 Å². The maximum Gasteiger partial charge on any atom is 0.406 e. The minimum absolute atomic E-state index is 0.407. The van der Waals surface area contributed by atoms with Gasteiger partial charge in [-0.15, -0.1) is 0 Å². The van der Waals surface area contributed by atoms with Gasteiger partial charge in [0.1, 0.15) is 0 Å². The lowest BCUT2D eigenvalue weighted by molar-refractivity contribution is 0.173. The van der Waals surface area contributed by atoms with Gasteiger partial charge in [0.25, 0.3) is 0 Å². The third-order valence-corrected chi connectivity index (χ3v) is 0.390. The van der Waals surface area contributed by atoms with Gasteiger partial charge in [-0.1, -0.05) is 6.55 Å². The number of amides is 1. The maximum absolute atomic E-state index is 9.85. The van der Waals surface area contributed by atoms with Gasteiger partial charge in [-0.3, -0.25) is 0 Å². The van der Waals surface area contributed by atoms with Crippen LogP contribution in [0.15, 0.2) is 0 Å². The summed E-state index contributed by atoms with van der Waals surface area (Å²) in [7, 11) is 4.13. The second-order valence-corrected chi connectivity index (χ2v) is 0.742. The third kappa shape index (κ3) is 9.09. The van der Waals surface area contributed by atoms with E-state index in [0.29, 0.717) is 0 Å². The van der Waals surface area contributed by atoms with E-state index in [4.69, 9.17) is 0 Å². The van der Waals surface area contributed by atoms with Gasteiger partial charge in [0.05, 0.1) is 7.11 Å². The zero-order valence-electron chi connectivity index (χ0n) is 5.82. The number of carbonyl (C=O) groups is 1. The fraction of sp³-hybridized carbons (Fsp3) is 0.750. The summed E-state index contributed by atoms with van der Waals surface area (Å²) in [6.45, 7) is 2.14. The molecular formula is C4H13NO2Si. The van der Waals surface area contributed by atoms with E-state index in [0.717, 1.165) is 0 Å². The highest BCUT2D eigenvalue weighted by Crippen LogP contribution is 1.62. The number of hydrogen-bond acceptors (Lipinski definition) is 2. The molecule has 0 saturated heterocycles. The van der Waals surface area contributed by atoms with Crippen molar-refractivity contribution in [3.8, 4) is 0 Å². The number of ether oxygens (including phenoxy) is 1. The van der Waals surface area contributed by atoms with E-state index in [9.17, 15) is 4.79 Å². The molecule has 0 rings (SSSR count). The summed E-state index contributed by atoms with van der Waals surface area (Å²) in [6, 6.07) is 0. The van der Waals surface area contributed by atoms with E-state index in [1.54, 1.807) is 0 Å². The Hall–Kier alpha value is -0.513. The van der Waals surface area contributed by atoms with Crippen molar-refractivity contribution < 1.29 is 9.53 Å². The summed E-state index contributed by atoms with van der Waals surface area (Å²) in [4.78, 5) is 9.85. The van der Waals surface area contributed by atoms with Crippen LogP contribution in [0.3, 0.4) is 0 Å². The highest BCUT2D eigenvalue weighted by Gasteiger charge is 1.85. The predicted molar refractivity (Wildman–Crippen MR) is 37.3 cm³/mol. The minimum atomic E-state index is -0.407. The highest BCUT2D eigenvalue weighted by molar-refractivity contribution is 6.05. The monoisotopic (exact) mass is 135 g/mol. The molecule has 0 heterocycles. The van der Waals surface area contributed by atoms with Gasteiger partial charge in [0.15, 0.2) is 0 Å². The summed E-state index contributed by atoms with van der Waals surface area (Å²) in [5.74, 6) is 0. The molecule has 0 atom stereocenters. The topological polar surface area (TPSA) is 38.3 Å². The van der Waals surface area contributed by atoms with Gasteiger partial charge in [-0.2, -0.15) is 0 Å². The fourth-order valence-electron chi connectivity index (χ4n) is 0.102. The van der Waals surface area contributed by atoms with E-state index in [2.05, 4.69) is 16.6 Å². The molecule has 0 saturated carbocycles. The first-order chi connectivity index (χ1) is 3.81. The van der Waals surface area contributed by atoms with Crippen LogP contribution in [0.25, 0.3) is 0 Å². The second kappa shape index (κ2) is 9.70. The van der Waals surface area contributed by atoms with Crippen molar-refractivity contribution >= 4 is 16.3 Å². The Labute approximate surface area is 52.8 Å². The van der Waals surface area contributed by atoms with Crippen LogP contribution < -0.4 is 5.32 Å². The van der Waals surface area contributed by atoms with Crippen LogP contribution >= 0.6 is 0 Å². The molecule has 0 aliphatic rings. The van der Waals surface area contributed by atoms with Crippen molar-refractivity contribution in [1.82, 2.24) is 5.32 Å². The average Bonchev–Trinajstić information content (AvgIpc) is 1.91. The number of alkyl carbamates (subject to hydrolysis) is 1. The highest BCUT2D eigenvalue weighted by atomic mass is 28.1. The molecule has 0 unspecified atom stereocenters. The molecule has 0 fully saturated rings. The van der Waals surface area contributed by atoms with Gasteiger partial charge >= 0.3 is 6.09 Å². The lowest BCUT2D eigenvalue weighted by Gasteiger charge is -1.90. The Kier molecular flexibility index (Phi) is 12.7. The lowest BCUT2D eigenvalue weighted by atomic mass is 11.1. The molecule has 0 aromatic carbocycles. The molecule has 0 spiro atoms. The molecule has 0 aromatic rings. The predicted octanol–water partition coefficient (Wildman–Crippen LogP) is -0.628. The number of methoxy groups -OCH3 is 1. The largest absolute Gasteiger partial charge is 0.453 e. The Bertz CT molecular complexity index is 52.0. The summed E-state index contributed by atoms with van der Waals surface area (Å²) in [6.07, 6.45) is -0.407. The Morgan fingerprint density at radius 1 is 1.62 bits per heavy atom. The van der Waals surface area contributed by atoms with Crippen LogP contribution in [-0.4, -0.2) is 30.5 Å². The number of nitrogens with one attached hydrogen (secondary N) is 1. The molecule has 0 aliphatic carbocycles. The first-order valence-electron chi connectivity index (χ1n) is 2.57. The SMILES string of the molecule is CNC(=O)OC.C[SiH3]. The van der Waals surface area contributed by atoms with E-state index in [1.807, 2.05) is 0 Å². The lowest BCUT2D eigenvalue weighted by Crippen LogP contribution is -2.16. The molecule has 0 radical (unpaired) electrons.